The Hall–Kier alpha value is -1.80. The standard InChI is InChI=1S/C19H22N2/c1-2-7-16(8-3-1)14-20-11-6-12-21-18(15-20)13-17-9-4-5-10-19(17)21/h1-5,7-10,18H,6,11-15H2. The molecule has 0 spiro atoms. The van der Waals surface area contributed by atoms with Gasteiger partial charge in [0.05, 0.1) is 0 Å². The summed E-state index contributed by atoms with van der Waals surface area (Å²) < 4.78 is 0. The summed E-state index contributed by atoms with van der Waals surface area (Å²) in [5.41, 5.74) is 4.44. The van der Waals surface area contributed by atoms with Crippen LogP contribution in [0.15, 0.2) is 54.6 Å². The average Bonchev–Trinajstić information content (AvgIpc) is 2.74. The van der Waals surface area contributed by atoms with Crippen LogP contribution in [0.3, 0.4) is 0 Å². The molecule has 0 aromatic heterocycles. The van der Waals surface area contributed by atoms with Crippen LogP contribution in [0.4, 0.5) is 5.69 Å². The molecule has 1 fully saturated rings. The van der Waals surface area contributed by atoms with E-state index in [1.54, 1.807) is 0 Å². The third-order valence-electron chi connectivity index (χ3n) is 4.79. The molecule has 2 aliphatic heterocycles. The van der Waals surface area contributed by atoms with Gasteiger partial charge in [-0.25, -0.2) is 0 Å². The number of nitrogens with zero attached hydrogens (tertiary/aromatic N) is 2. The summed E-state index contributed by atoms with van der Waals surface area (Å²) in [6.45, 7) is 4.68. The molecule has 0 aliphatic carbocycles. The Balaban J connectivity index is 1.50. The molecule has 2 heterocycles. The van der Waals surface area contributed by atoms with E-state index in [0.717, 1.165) is 6.54 Å². The molecule has 0 amide bonds. The Morgan fingerprint density at radius 2 is 1.71 bits per heavy atom. The van der Waals surface area contributed by atoms with Crippen molar-refractivity contribution in [2.45, 2.75) is 25.4 Å². The highest BCUT2D eigenvalue weighted by Crippen LogP contribution is 2.33. The van der Waals surface area contributed by atoms with Gasteiger partial charge in [-0.2, -0.15) is 0 Å². The monoisotopic (exact) mass is 278 g/mol. The van der Waals surface area contributed by atoms with Crippen LogP contribution < -0.4 is 4.90 Å². The second-order valence-electron chi connectivity index (χ2n) is 6.25. The molecular formula is C19H22N2. The topological polar surface area (TPSA) is 6.48 Å². The van der Waals surface area contributed by atoms with E-state index in [1.807, 2.05) is 0 Å². The molecule has 2 nitrogen and oxygen atoms in total. The van der Waals surface area contributed by atoms with Crippen molar-refractivity contribution < 1.29 is 0 Å². The zero-order valence-corrected chi connectivity index (χ0v) is 12.4. The lowest BCUT2D eigenvalue weighted by molar-refractivity contribution is 0.265. The van der Waals surface area contributed by atoms with Gasteiger partial charge in [0.25, 0.3) is 0 Å². The maximum atomic E-state index is 2.64. The van der Waals surface area contributed by atoms with Gasteiger partial charge in [0.2, 0.25) is 0 Å². The molecule has 21 heavy (non-hydrogen) atoms. The van der Waals surface area contributed by atoms with Gasteiger partial charge in [-0.1, -0.05) is 48.5 Å². The lowest BCUT2D eigenvalue weighted by Crippen LogP contribution is -2.38. The number of hydrogen-bond acceptors (Lipinski definition) is 2. The third-order valence-corrected chi connectivity index (χ3v) is 4.79. The van der Waals surface area contributed by atoms with E-state index < -0.39 is 0 Å². The number of para-hydroxylation sites is 1. The zero-order chi connectivity index (χ0) is 14.1. The first kappa shape index (κ1) is 12.9. The van der Waals surface area contributed by atoms with Crippen molar-refractivity contribution in [3.8, 4) is 0 Å². The van der Waals surface area contributed by atoms with Gasteiger partial charge in [-0.3, -0.25) is 4.90 Å². The molecule has 108 valence electrons. The molecule has 0 bridgehead atoms. The lowest BCUT2D eigenvalue weighted by atomic mass is 10.1. The van der Waals surface area contributed by atoms with E-state index in [-0.39, 0.29) is 0 Å². The van der Waals surface area contributed by atoms with E-state index in [4.69, 9.17) is 0 Å². The minimum Gasteiger partial charge on any atom is -0.367 e. The summed E-state index contributed by atoms with van der Waals surface area (Å²) in [5, 5.41) is 0. The largest absolute Gasteiger partial charge is 0.367 e. The van der Waals surface area contributed by atoms with Gasteiger partial charge in [0.1, 0.15) is 0 Å². The predicted molar refractivity (Wildman–Crippen MR) is 87.6 cm³/mol. The summed E-state index contributed by atoms with van der Waals surface area (Å²) in [4.78, 5) is 5.27. The minimum atomic E-state index is 0.661. The van der Waals surface area contributed by atoms with E-state index in [9.17, 15) is 0 Å². The van der Waals surface area contributed by atoms with Crippen molar-refractivity contribution in [1.82, 2.24) is 4.90 Å². The van der Waals surface area contributed by atoms with Crippen LogP contribution in [0.25, 0.3) is 0 Å². The Labute approximate surface area is 127 Å². The first-order chi connectivity index (χ1) is 10.4. The van der Waals surface area contributed by atoms with Gasteiger partial charge in [0, 0.05) is 37.9 Å². The highest BCUT2D eigenvalue weighted by molar-refractivity contribution is 5.59. The van der Waals surface area contributed by atoms with Crippen LogP contribution in [-0.4, -0.2) is 30.6 Å². The van der Waals surface area contributed by atoms with Gasteiger partial charge >= 0.3 is 0 Å². The van der Waals surface area contributed by atoms with Crippen molar-refractivity contribution in [3.05, 3.63) is 65.7 Å². The van der Waals surface area contributed by atoms with E-state index in [0.29, 0.717) is 6.04 Å². The second-order valence-corrected chi connectivity index (χ2v) is 6.25. The normalized spacial score (nSPS) is 21.7. The molecule has 1 saturated heterocycles. The highest BCUT2D eigenvalue weighted by atomic mass is 15.3. The maximum absolute atomic E-state index is 2.64. The summed E-state index contributed by atoms with van der Waals surface area (Å²) in [7, 11) is 0. The molecule has 1 unspecified atom stereocenters. The molecule has 2 heteroatoms. The number of benzene rings is 2. The SMILES string of the molecule is c1ccc(CN2CCCN3c4ccccc4CC3C2)cc1. The Bertz CT molecular complexity index is 608. The van der Waals surface area contributed by atoms with E-state index in [1.165, 1.54) is 49.3 Å². The van der Waals surface area contributed by atoms with Gasteiger partial charge in [0.15, 0.2) is 0 Å². The predicted octanol–water partition coefficient (Wildman–Crippen LogP) is 3.32. The number of hydrogen-bond donors (Lipinski definition) is 0. The van der Waals surface area contributed by atoms with Crippen molar-refractivity contribution in [1.29, 1.82) is 0 Å². The van der Waals surface area contributed by atoms with Crippen LogP contribution in [0, 0.1) is 0 Å². The van der Waals surface area contributed by atoms with Crippen LogP contribution in [0.5, 0.6) is 0 Å². The lowest BCUT2D eigenvalue weighted by Gasteiger charge is -2.27. The quantitative estimate of drug-likeness (QED) is 0.831. The zero-order valence-electron chi connectivity index (χ0n) is 12.4. The van der Waals surface area contributed by atoms with E-state index in [2.05, 4.69) is 64.4 Å². The Morgan fingerprint density at radius 3 is 2.62 bits per heavy atom. The van der Waals surface area contributed by atoms with Gasteiger partial charge in [-0.05, 0) is 30.0 Å². The molecule has 2 aromatic carbocycles. The van der Waals surface area contributed by atoms with Crippen LogP contribution >= 0.6 is 0 Å². The molecular weight excluding hydrogens is 256 g/mol. The van der Waals surface area contributed by atoms with E-state index >= 15 is 0 Å². The van der Waals surface area contributed by atoms with Gasteiger partial charge < -0.3 is 4.90 Å². The summed E-state index contributed by atoms with van der Waals surface area (Å²) in [6.07, 6.45) is 2.47. The smallest absolute Gasteiger partial charge is 0.0458 e. The van der Waals surface area contributed by atoms with Crippen LogP contribution in [0.1, 0.15) is 17.5 Å². The average molecular weight is 278 g/mol. The maximum Gasteiger partial charge on any atom is 0.0458 e. The summed E-state index contributed by atoms with van der Waals surface area (Å²) >= 11 is 0. The Kier molecular flexibility index (Phi) is 3.40. The van der Waals surface area contributed by atoms with Crippen molar-refractivity contribution in [3.63, 3.8) is 0 Å². The first-order valence-electron chi connectivity index (χ1n) is 8.01. The molecule has 4 rings (SSSR count). The molecule has 1 atom stereocenters. The Morgan fingerprint density at radius 1 is 0.905 bits per heavy atom. The molecule has 0 N–H and O–H groups in total. The fourth-order valence-electron chi connectivity index (χ4n) is 3.83. The third kappa shape index (κ3) is 2.56. The van der Waals surface area contributed by atoms with Crippen LogP contribution in [0.2, 0.25) is 0 Å². The van der Waals surface area contributed by atoms with Crippen molar-refractivity contribution in [2.75, 3.05) is 24.5 Å². The fraction of sp³-hybridized carbons (Fsp3) is 0.368. The van der Waals surface area contributed by atoms with Crippen LogP contribution in [-0.2, 0) is 13.0 Å². The number of fused-ring (bicyclic) bond motifs is 3. The molecule has 0 radical (unpaired) electrons. The fourth-order valence-corrected chi connectivity index (χ4v) is 3.83. The summed E-state index contributed by atoms with van der Waals surface area (Å²) in [6, 6.07) is 20.5. The molecule has 2 aliphatic rings. The number of rotatable bonds is 2. The van der Waals surface area contributed by atoms with Gasteiger partial charge in [-0.15, -0.1) is 0 Å². The highest BCUT2D eigenvalue weighted by Gasteiger charge is 2.31. The molecule has 2 aromatic rings. The number of anilines is 1. The first-order valence-corrected chi connectivity index (χ1v) is 8.01. The molecule has 0 saturated carbocycles. The van der Waals surface area contributed by atoms with Crippen molar-refractivity contribution in [2.24, 2.45) is 0 Å². The minimum absolute atomic E-state index is 0.661. The summed E-state index contributed by atoms with van der Waals surface area (Å²) in [5.74, 6) is 0. The van der Waals surface area contributed by atoms with Crippen molar-refractivity contribution >= 4 is 5.69 Å². The second kappa shape index (κ2) is 5.53.